The van der Waals surface area contributed by atoms with Gasteiger partial charge in [0.1, 0.15) is 23.3 Å². The van der Waals surface area contributed by atoms with Gasteiger partial charge in [0.15, 0.2) is 0 Å². The smallest absolute Gasteiger partial charge is 0.411 e. The van der Waals surface area contributed by atoms with Gasteiger partial charge in [-0.05, 0) is 49.2 Å². The number of fused-ring (bicyclic) bond motifs is 1. The summed E-state index contributed by atoms with van der Waals surface area (Å²) in [4.78, 5) is 21.7. The van der Waals surface area contributed by atoms with E-state index in [4.69, 9.17) is 4.74 Å². The summed E-state index contributed by atoms with van der Waals surface area (Å²) in [5, 5.41) is 0. The molecule has 1 unspecified atom stereocenters. The van der Waals surface area contributed by atoms with E-state index in [-0.39, 0.29) is 5.82 Å². The quantitative estimate of drug-likeness (QED) is 0.675. The van der Waals surface area contributed by atoms with Gasteiger partial charge in [-0.2, -0.15) is 0 Å². The van der Waals surface area contributed by atoms with Gasteiger partial charge < -0.3 is 9.72 Å². The van der Waals surface area contributed by atoms with Gasteiger partial charge in [0, 0.05) is 12.6 Å². The fourth-order valence-corrected chi connectivity index (χ4v) is 2.79. The second-order valence-electron chi connectivity index (χ2n) is 6.76. The Balaban J connectivity index is 2.40. The average Bonchev–Trinajstić information content (AvgIpc) is 2.88. The molecule has 1 aromatic heterocycles. The number of H-pyrrole nitrogens is 1. The fourth-order valence-electron chi connectivity index (χ4n) is 2.46. The van der Waals surface area contributed by atoms with Crippen LogP contribution in [-0.2, 0) is 4.74 Å². The standard InChI is InChI=1S/C18H23BrFN3O2/c1-6-8-23(17(24)25-18(3,4)5)15(7-2)16-21-13-9-11(19)12(20)10-14(13)22-16/h7,9-10,15H,2,6,8H2,1,3-5H3,(H,21,22). The zero-order chi connectivity index (χ0) is 18.8. The molecule has 25 heavy (non-hydrogen) atoms. The molecule has 0 aliphatic carbocycles. The maximum absolute atomic E-state index is 13.7. The first-order valence-corrected chi connectivity index (χ1v) is 8.92. The minimum atomic E-state index is -0.601. The van der Waals surface area contributed by atoms with Crippen LogP contribution < -0.4 is 0 Å². The van der Waals surface area contributed by atoms with Gasteiger partial charge in [-0.1, -0.05) is 13.0 Å². The van der Waals surface area contributed by atoms with Crippen molar-refractivity contribution in [2.45, 2.75) is 45.8 Å². The number of amides is 1. The van der Waals surface area contributed by atoms with E-state index in [9.17, 15) is 9.18 Å². The fraction of sp³-hybridized carbons (Fsp3) is 0.444. The maximum Gasteiger partial charge on any atom is 0.411 e. The Kier molecular flexibility index (Phi) is 5.87. The SMILES string of the molecule is C=CC(c1nc2cc(Br)c(F)cc2[nH]1)N(CCC)C(=O)OC(C)(C)C. The summed E-state index contributed by atoms with van der Waals surface area (Å²) in [5.74, 6) is 0.136. The first kappa shape index (κ1) is 19.4. The molecule has 1 amide bonds. The highest BCUT2D eigenvalue weighted by atomic mass is 79.9. The molecule has 0 radical (unpaired) electrons. The lowest BCUT2D eigenvalue weighted by Gasteiger charge is -2.31. The lowest BCUT2D eigenvalue weighted by Crippen LogP contribution is -2.39. The second kappa shape index (κ2) is 7.56. The van der Waals surface area contributed by atoms with Crippen molar-refractivity contribution in [2.75, 3.05) is 6.54 Å². The van der Waals surface area contributed by atoms with Crippen molar-refractivity contribution < 1.29 is 13.9 Å². The van der Waals surface area contributed by atoms with Gasteiger partial charge in [-0.3, -0.25) is 4.90 Å². The first-order valence-electron chi connectivity index (χ1n) is 8.13. The summed E-state index contributed by atoms with van der Waals surface area (Å²) >= 11 is 3.16. The molecule has 0 saturated carbocycles. The lowest BCUT2D eigenvalue weighted by atomic mass is 10.2. The van der Waals surface area contributed by atoms with Crippen molar-refractivity contribution >= 4 is 33.1 Å². The molecule has 1 heterocycles. The van der Waals surface area contributed by atoms with Crippen molar-refractivity contribution in [2.24, 2.45) is 0 Å². The van der Waals surface area contributed by atoms with E-state index >= 15 is 0 Å². The zero-order valence-electron chi connectivity index (χ0n) is 14.9. The number of hydrogen-bond donors (Lipinski definition) is 1. The van der Waals surface area contributed by atoms with E-state index in [2.05, 4.69) is 32.5 Å². The van der Waals surface area contributed by atoms with Crippen LogP contribution in [-0.4, -0.2) is 33.1 Å². The highest BCUT2D eigenvalue weighted by Crippen LogP contribution is 2.27. The van der Waals surface area contributed by atoms with E-state index in [1.54, 1.807) is 17.0 Å². The molecular formula is C18H23BrFN3O2. The number of aromatic amines is 1. The van der Waals surface area contributed by atoms with E-state index in [0.717, 1.165) is 6.42 Å². The Morgan fingerprint density at radius 2 is 2.20 bits per heavy atom. The number of nitrogens with zero attached hydrogens (tertiary/aromatic N) is 2. The van der Waals surface area contributed by atoms with Gasteiger partial charge in [0.05, 0.1) is 15.5 Å². The van der Waals surface area contributed by atoms with Gasteiger partial charge in [0.2, 0.25) is 0 Å². The monoisotopic (exact) mass is 411 g/mol. The Labute approximate surface area is 155 Å². The first-order chi connectivity index (χ1) is 11.7. The van der Waals surface area contributed by atoms with Gasteiger partial charge >= 0.3 is 6.09 Å². The van der Waals surface area contributed by atoms with Crippen molar-refractivity contribution in [3.05, 3.63) is 40.9 Å². The number of carbonyl (C=O) groups is 1. The molecule has 0 spiro atoms. The number of hydrogen-bond acceptors (Lipinski definition) is 3. The number of benzene rings is 1. The van der Waals surface area contributed by atoms with Crippen LogP contribution in [0.4, 0.5) is 9.18 Å². The molecule has 1 aromatic carbocycles. The number of aromatic nitrogens is 2. The highest BCUT2D eigenvalue weighted by molar-refractivity contribution is 9.10. The van der Waals surface area contributed by atoms with Gasteiger partial charge in [-0.15, -0.1) is 6.58 Å². The second-order valence-corrected chi connectivity index (χ2v) is 7.61. The van der Waals surface area contributed by atoms with Crippen LogP contribution in [0.3, 0.4) is 0 Å². The summed E-state index contributed by atoms with van der Waals surface area (Å²) in [6.45, 7) is 11.8. The molecular weight excluding hydrogens is 389 g/mol. The molecule has 0 aliphatic rings. The van der Waals surface area contributed by atoms with Crippen LogP contribution in [0, 0.1) is 5.82 Å². The molecule has 0 saturated heterocycles. The highest BCUT2D eigenvalue weighted by Gasteiger charge is 2.29. The summed E-state index contributed by atoms with van der Waals surface area (Å²) in [6, 6.07) is 2.47. The average molecular weight is 412 g/mol. The predicted octanol–water partition coefficient (Wildman–Crippen LogP) is 5.34. The number of carbonyl (C=O) groups excluding carboxylic acids is 1. The topological polar surface area (TPSA) is 58.2 Å². The molecule has 2 rings (SSSR count). The molecule has 7 heteroatoms. The van der Waals surface area contributed by atoms with Crippen LogP contribution in [0.1, 0.15) is 46.0 Å². The predicted molar refractivity (Wildman–Crippen MR) is 99.9 cm³/mol. The van der Waals surface area contributed by atoms with Crippen LogP contribution in [0.25, 0.3) is 11.0 Å². The van der Waals surface area contributed by atoms with E-state index in [1.165, 1.54) is 6.07 Å². The summed E-state index contributed by atoms with van der Waals surface area (Å²) in [6.07, 6.45) is 1.94. The van der Waals surface area contributed by atoms with Crippen LogP contribution in [0.5, 0.6) is 0 Å². The Bertz CT molecular complexity index is 743. The third kappa shape index (κ3) is 4.60. The van der Waals surface area contributed by atoms with Crippen molar-refractivity contribution in [1.82, 2.24) is 14.9 Å². The summed E-state index contributed by atoms with van der Waals surface area (Å²) in [7, 11) is 0. The summed E-state index contributed by atoms with van der Waals surface area (Å²) in [5.41, 5.74) is 0.565. The van der Waals surface area contributed by atoms with Crippen molar-refractivity contribution in [3.8, 4) is 0 Å². The van der Waals surface area contributed by atoms with E-state index in [1.807, 2.05) is 27.7 Å². The van der Waals surface area contributed by atoms with E-state index < -0.39 is 17.7 Å². The number of halogens is 2. The number of ether oxygens (including phenoxy) is 1. The molecule has 5 nitrogen and oxygen atoms in total. The Morgan fingerprint density at radius 1 is 1.52 bits per heavy atom. The molecule has 0 fully saturated rings. The van der Waals surface area contributed by atoms with E-state index in [0.29, 0.717) is 27.9 Å². The van der Waals surface area contributed by atoms with Crippen LogP contribution >= 0.6 is 15.9 Å². The maximum atomic E-state index is 13.7. The van der Waals surface area contributed by atoms with Crippen LogP contribution in [0.2, 0.25) is 0 Å². The normalized spacial score (nSPS) is 12.9. The third-order valence-electron chi connectivity index (χ3n) is 3.47. The minimum absolute atomic E-state index is 0.339. The Morgan fingerprint density at radius 3 is 2.76 bits per heavy atom. The zero-order valence-corrected chi connectivity index (χ0v) is 16.5. The number of imidazole rings is 1. The van der Waals surface area contributed by atoms with Gasteiger partial charge in [-0.25, -0.2) is 14.2 Å². The molecule has 0 aliphatic heterocycles. The van der Waals surface area contributed by atoms with Crippen molar-refractivity contribution in [1.29, 1.82) is 0 Å². The molecule has 1 atom stereocenters. The lowest BCUT2D eigenvalue weighted by molar-refractivity contribution is 0.0191. The molecule has 0 bridgehead atoms. The largest absolute Gasteiger partial charge is 0.444 e. The molecule has 2 aromatic rings. The van der Waals surface area contributed by atoms with Crippen LogP contribution in [0.15, 0.2) is 29.3 Å². The summed E-state index contributed by atoms with van der Waals surface area (Å²) < 4.78 is 19.6. The Hall–Kier alpha value is -1.89. The van der Waals surface area contributed by atoms with Gasteiger partial charge in [0.25, 0.3) is 0 Å². The molecule has 1 N–H and O–H groups in total. The molecule has 136 valence electrons. The van der Waals surface area contributed by atoms with Crippen molar-refractivity contribution in [3.63, 3.8) is 0 Å². The number of rotatable bonds is 5. The third-order valence-corrected chi connectivity index (χ3v) is 4.08. The number of nitrogens with one attached hydrogen (secondary N) is 1. The minimum Gasteiger partial charge on any atom is -0.444 e.